The Morgan fingerprint density at radius 1 is 1.57 bits per heavy atom. The van der Waals surface area contributed by atoms with E-state index in [0.29, 0.717) is 0 Å². The van der Waals surface area contributed by atoms with E-state index in [2.05, 4.69) is 0 Å². The fourth-order valence-electron chi connectivity index (χ4n) is 0.976. The molecule has 0 saturated heterocycles. The lowest BCUT2D eigenvalue weighted by molar-refractivity contribution is -0.138. The average Bonchev–Trinajstić information content (AvgIpc) is 2.12. The topological polar surface area (TPSA) is 83.6 Å². The summed E-state index contributed by atoms with van der Waals surface area (Å²) in [6.45, 7) is 0. The molecule has 0 spiro atoms. The fraction of sp³-hybridized carbons (Fsp3) is 0.125. The monoisotopic (exact) mass is 219 g/mol. The number of carbonyl (C=O) groups is 1. The first-order valence-electron chi connectivity index (χ1n) is 3.60. The molecule has 0 saturated carbocycles. The molecule has 1 rings (SSSR count). The number of hydrogen-bond donors (Lipinski definition) is 3. The predicted octanol–water partition coefficient (Wildman–Crippen LogP) is 1.27. The number of carboxylic acid groups (broad SMARTS) is 1. The van der Waals surface area contributed by atoms with Crippen LogP contribution in [0.15, 0.2) is 12.1 Å². The molecular weight excluding hydrogens is 213 g/mol. The van der Waals surface area contributed by atoms with Crippen LogP contribution in [0.5, 0.6) is 5.75 Å². The summed E-state index contributed by atoms with van der Waals surface area (Å²) in [5, 5.41) is 17.7. The van der Waals surface area contributed by atoms with Crippen LogP contribution in [0.2, 0.25) is 5.02 Å². The van der Waals surface area contributed by atoms with E-state index in [4.69, 9.17) is 22.4 Å². The molecule has 0 aromatic heterocycles. The maximum atomic E-state index is 13.1. The lowest BCUT2D eigenvalue weighted by Gasteiger charge is -2.10. The van der Waals surface area contributed by atoms with Crippen molar-refractivity contribution in [1.29, 1.82) is 0 Å². The van der Waals surface area contributed by atoms with Crippen LogP contribution in [0.25, 0.3) is 0 Å². The molecule has 0 aliphatic rings. The average molecular weight is 220 g/mol. The Balaban J connectivity index is 3.32. The molecule has 76 valence electrons. The zero-order chi connectivity index (χ0) is 10.9. The molecule has 0 bridgehead atoms. The van der Waals surface area contributed by atoms with Crippen LogP contribution in [0.3, 0.4) is 0 Å². The summed E-state index contributed by atoms with van der Waals surface area (Å²) >= 11 is 5.47. The predicted molar refractivity (Wildman–Crippen MR) is 47.6 cm³/mol. The summed E-state index contributed by atoms with van der Waals surface area (Å²) in [7, 11) is 0. The van der Waals surface area contributed by atoms with E-state index in [0.717, 1.165) is 12.1 Å². The zero-order valence-corrected chi connectivity index (χ0v) is 7.62. The summed E-state index contributed by atoms with van der Waals surface area (Å²) in [5.41, 5.74) is 4.64. The summed E-state index contributed by atoms with van der Waals surface area (Å²) in [5.74, 6) is -2.98. The Labute approximate surface area is 83.7 Å². The van der Waals surface area contributed by atoms with Gasteiger partial charge in [0.15, 0.2) is 0 Å². The van der Waals surface area contributed by atoms with Gasteiger partial charge in [-0.25, -0.2) is 4.39 Å². The highest BCUT2D eigenvalue weighted by molar-refractivity contribution is 6.32. The maximum Gasteiger partial charge on any atom is 0.325 e. The summed E-state index contributed by atoms with van der Waals surface area (Å²) < 4.78 is 13.1. The molecule has 4 N–H and O–H groups in total. The lowest BCUT2D eigenvalue weighted by Crippen LogP contribution is -2.22. The van der Waals surface area contributed by atoms with Gasteiger partial charge in [-0.1, -0.05) is 11.6 Å². The van der Waals surface area contributed by atoms with E-state index in [-0.39, 0.29) is 5.02 Å². The van der Waals surface area contributed by atoms with Gasteiger partial charge in [-0.15, -0.1) is 0 Å². The van der Waals surface area contributed by atoms with Gasteiger partial charge in [0.05, 0.1) is 10.6 Å². The van der Waals surface area contributed by atoms with Crippen LogP contribution in [-0.2, 0) is 4.79 Å². The Morgan fingerprint density at radius 3 is 2.64 bits per heavy atom. The van der Waals surface area contributed by atoms with Crippen molar-refractivity contribution in [3.05, 3.63) is 28.5 Å². The van der Waals surface area contributed by atoms with E-state index < -0.39 is 29.1 Å². The zero-order valence-electron chi connectivity index (χ0n) is 6.87. The second kappa shape index (κ2) is 3.81. The molecular formula is C8H7ClFNO3. The van der Waals surface area contributed by atoms with Gasteiger partial charge < -0.3 is 15.9 Å². The third-order valence-corrected chi connectivity index (χ3v) is 2.00. The second-order valence-corrected chi connectivity index (χ2v) is 3.01. The van der Waals surface area contributed by atoms with Crippen molar-refractivity contribution in [3.8, 4) is 5.75 Å². The molecule has 0 amide bonds. The molecule has 1 unspecified atom stereocenters. The highest BCUT2D eigenvalue weighted by Gasteiger charge is 2.23. The SMILES string of the molecule is NC(C(=O)O)c1c(F)ccc(Cl)c1O. The maximum absolute atomic E-state index is 13.1. The quantitative estimate of drug-likeness (QED) is 0.699. The highest BCUT2D eigenvalue weighted by Crippen LogP contribution is 2.32. The number of benzene rings is 1. The normalized spacial score (nSPS) is 12.5. The van der Waals surface area contributed by atoms with Gasteiger partial charge in [0, 0.05) is 0 Å². The minimum Gasteiger partial charge on any atom is -0.506 e. The number of phenolic OH excluding ortho intramolecular Hbond substituents is 1. The lowest BCUT2D eigenvalue weighted by atomic mass is 10.1. The van der Waals surface area contributed by atoms with Crippen molar-refractivity contribution in [3.63, 3.8) is 0 Å². The molecule has 1 aromatic rings. The van der Waals surface area contributed by atoms with Gasteiger partial charge in [-0.05, 0) is 12.1 Å². The van der Waals surface area contributed by atoms with Gasteiger partial charge in [0.2, 0.25) is 0 Å². The van der Waals surface area contributed by atoms with Crippen LogP contribution in [-0.4, -0.2) is 16.2 Å². The second-order valence-electron chi connectivity index (χ2n) is 2.61. The van der Waals surface area contributed by atoms with E-state index in [1.807, 2.05) is 0 Å². The molecule has 1 atom stereocenters. The summed E-state index contributed by atoms with van der Waals surface area (Å²) in [6.07, 6.45) is 0. The molecule has 4 nitrogen and oxygen atoms in total. The van der Waals surface area contributed by atoms with Crippen molar-refractivity contribution in [2.24, 2.45) is 5.73 Å². The third-order valence-electron chi connectivity index (χ3n) is 1.69. The van der Waals surface area contributed by atoms with Crippen LogP contribution in [0.4, 0.5) is 4.39 Å². The smallest absolute Gasteiger partial charge is 0.325 e. The number of rotatable bonds is 2. The fourth-order valence-corrected chi connectivity index (χ4v) is 1.14. The number of aliphatic carboxylic acids is 1. The molecule has 14 heavy (non-hydrogen) atoms. The van der Waals surface area contributed by atoms with E-state index in [9.17, 15) is 14.3 Å². The summed E-state index contributed by atoms with van der Waals surface area (Å²) in [4.78, 5) is 10.5. The van der Waals surface area contributed by atoms with Crippen molar-refractivity contribution < 1.29 is 19.4 Å². The van der Waals surface area contributed by atoms with Crippen LogP contribution in [0, 0.1) is 5.82 Å². The Kier molecular flexibility index (Phi) is 2.93. The van der Waals surface area contributed by atoms with Crippen molar-refractivity contribution in [2.45, 2.75) is 6.04 Å². The molecule has 0 heterocycles. The van der Waals surface area contributed by atoms with E-state index >= 15 is 0 Å². The van der Waals surface area contributed by atoms with E-state index in [1.165, 1.54) is 0 Å². The number of carboxylic acids is 1. The Bertz CT molecular complexity index is 383. The van der Waals surface area contributed by atoms with Gasteiger partial charge in [-0.3, -0.25) is 4.79 Å². The van der Waals surface area contributed by atoms with Crippen molar-refractivity contribution in [2.75, 3.05) is 0 Å². The first-order chi connectivity index (χ1) is 6.45. The molecule has 0 aliphatic carbocycles. The molecule has 0 aliphatic heterocycles. The molecule has 1 aromatic carbocycles. The minimum absolute atomic E-state index is 0.141. The van der Waals surface area contributed by atoms with Gasteiger partial charge in [-0.2, -0.15) is 0 Å². The largest absolute Gasteiger partial charge is 0.506 e. The first-order valence-corrected chi connectivity index (χ1v) is 3.98. The van der Waals surface area contributed by atoms with Crippen LogP contribution >= 0.6 is 11.6 Å². The molecule has 6 heteroatoms. The molecule has 0 radical (unpaired) electrons. The number of hydrogen-bond acceptors (Lipinski definition) is 3. The third kappa shape index (κ3) is 1.78. The number of phenols is 1. The number of halogens is 2. The van der Waals surface area contributed by atoms with Crippen molar-refractivity contribution in [1.82, 2.24) is 0 Å². The van der Waals surface area contributed by atoms with Crippen molar-refractivity contribution >= 4 is 17.6 Å². The molecule has 0 fully saturated rings. The number of aromatic hydroxyl groups is 1. The standard InChI is InChI=1S/C8H7ClFNO3/c9-3-1-2-4(10)5(7(3)12)6(11)8(13)14/h1-2,6,12H,11H2,(H,13,14). The Morgan fingerprint density at radius 2 is 2.14 bits per heavy atom. The Hall–Kier alpha value is -1.33. The van der Waals surface area contributed by atoms with Crippen LogP contribution < -0.4 is 5.73 Å². The first kappa shape index (κ1) is 10.7. The highest BCUT2D eigenvalue weighted by atomic mass is 35.5. The van der Waals surface area contributed by atoms with Gasteiger partial charge in [0.1, 0.15) is 17.6 Å². The van der Waals surface area contributed by atoms with Crippen LogP contribution in [0.1, 0.15) is 11.6 Å². The number of nitrogens with two attached hydrogens (primary N) is 1. The minimum atomic E-state index is -1.63. The summed E-state index contributed by atoms with van der Waals surface area (Å²) in [6, 6.07) is 0.429. The van der Waals surface area contributed by atoms with Gasteiger partial charge >= 0.3 is 5.97 Å². The van der Waals surface area contributed by atoms with E-state index in [1.54, 1.807) is 0 Å². The van der Waals surface area contributed by atoms with Gasteiger partial charge in [0.25, 0.3) is 0 Å².